The lowest BCUT2D eigenvalue weighted by Crippen LogP contribution is -2.05. The second-order valence-electron chi connectivity index (χ2n) is 4.03. The van der Waals surface area contributed by atoms with Gasteiger partial charge in [-0.1, -0.05) is 34.8 Å². The molecule has 2 rings (SSSR count). The van der Waals surface area contributed by atoms with Gasteiger partial charge in [-0.05, 0) is 30.3 Å². The van der Waals surface area contributed by atoms with Crippen molar-refractivity contribution in [2.45, 2.75) is 0 Å². The van der Waals surface area contributed by atoms with Gasteiger partial charge in [0.1, 0.15) is 5.75 Å². The third-order valence-electron chi connectivity index (χ3n) is 2.73. The van der Waals surface area contributed by atoms with Crippen molar-refractivity contribution in [2.75, 3.05) is 12.8 Å². The third-order valence-corrected chi connectivity index (χ3v) is 3.54. The minimum atomic E-state index is -0.328. The SMILES string of the molecule is COc1ccc(C(=O)c2c(Cl)cc(Cl)cc2Cl)cc1N. The molecule has 0 fully saturated rings. The van der Waals surface area contributed by atoms with Crippen LogP contribution in [-0.4, -0.2) is 12.9 Å². The average Bonchev–Trinajstić information content (AvgIpc) is 2.37. The average molecular weight is 331 g/mol. The zero-order chi connectivity index (χ0) is 14.9. The highest BCUT2D eigenvalue weighted by molar-refractivity contribution is 6.43. The van der Waals surface area contributed by atoms with E-state index in [1.807, 2.05) is 0 Å². The maximum atomic E-state index is 12.4. The van der Waals surface area contributed by atoms with Crippen LogP contribution in [0.15, 0.2) is 30.3 Å². The molecule has 0 aromatic heterocycles. The molecule has 0 spiro atoms. The number of anilines is 1. The van der Waals surface area contributed by atoms with Crippen molar-refractivity contribution in [2.24, 2.45) is 0 Å². The first kappa shape index (κ1) is 15.0. The second kappa shape index (κ2) is 5.92. The fourth-order valence-corrected chi connectivity index (χ4v) is 2.77. The molecule has 0 bridgehead atoms. The number of methoxy groups -OCH3 is 1. The molecule has 0 saturated carbocycles. The highest BCUT2D eigenvalue weighted by Crippen LogP contribution is 2.32. The van der Waals surface area contributed by atoms with Gasteiger partial charge in [0, 0.05) is 10.6 Å². The number of ketones is 1. The van der Waals surface area contributed by atoms with Crippen molar-refractivity contribution < 1.29 is 9.53 Å². The highest BCUT2D eigenvalue weighted by atomic mass is 35.5. The molecule has 0 aliphatic rings. The topological polar surface area (TPSA) is 52.3 Å². The number of nitrogen functional groups attached to an aromatic ring is 1. The van der Waals surface area contributed by atoms with Crippen molar-refractivity contribution >= 4 is 46.3 Å². The Morgan fingerprint density at radius 2 is 1.70 bits per heavy atom. The minimum absolute atomic E-state index is 0.196. The van der Waals surface area contributed by atoms with E-state index in [1.165, 1.54) is 25.3 Å². The minimum Gasteiger partial charge on any atom is -0.495 e. The highest BCUT2D eigenvalue weighted by Gasteiger charge is 2.18. The summed E-state index contributed by atoms with van der Waals surface area (Å²) < 4.78 is 5.04. The van der Waals surface area contributed by atoms with Crippen molar-refractivity contribution in [3.05, 3.63) is 56.5 Å². The van der Waals surface area contributed by atoms with E-state index in [0.717, 1.165) is 0 Å². The molecule has 0 atom stereocenters. The van der Waals surface area contributed by atoms with Gasteiger partial charge in [0.15, 0.2) is 5.78 Å². The van der Waals surface area contributed by atoms with E-state index in [4.69, 9.17) is 45.3 Å². The van der Waals surface area contributed by atoms with Crippen molar-refractivity contribution in [3.63, 3.8) is 0 Å². The smallest absolute Gasteiger partial charge is 0.196 e. The number of benzene rings is 2. The molecule has 3 nitrogen and oxygen atoms in total. The summed E-state index contributed by atoms with van der Waals surface area (Å²) in [4.78, 5) is 12.4. The molecule has 0 saturated heterocycles. The molecule has 0 radical (unpaired) electrons. The Bertz CT molecular complexity index is 663. The maximum absolute atomic E-state index is 12.4. The predicted octanol–water partition coefficient (Wildman–Crippen LogP) is 4.47. The summed E-state index contributed by atoms with van der Waals surface area (Å²) in [6.07, 6.45) is 0. The number of rotatable bonds is 3. The maximum Gasteiger partial charge on any atom is 0.196 e. The van der Waals surface area contributed by atoms with E-state index in [0.29, 0.717) is 22.0 Å². The molecule has 0 aliphatic heterocycles. The number of nitrogens with two attached hydrogens (primary N) is 1. The largest absolute Gasteiger partial charge is 0.495 e. The van der Waals surface area contributed by atoms with Gasteiger partial charge in [-0.25, -0.2) is 0 Å². The fraction of sp³-hybridized carbons (Fsp3) is 0.0714. The first-order valence-electron chi connectivity index (χ1n) is 5.56. The molecular formula is C14H10Cl3NO2. The Morgan fingerprint density at radius 1 is 1.10 bits per heavy atom. The van der Waals surface area contributed by atoms with Gasteiger partial charge in [0.05, 0.1) is 28.4 Å². The number of carbonyl (C=O) groups is 1. The summed E-state index contributed by atoms with van der Waals surface area (Å²) in [6, 6.07) is 7.66. The van der Waals surface area contributed by atoms with Gasteiger partial charge in [-0.15, -0.1) is 0 Å². The van der Waals surface area contributed by atoms with Crippen LogP contribution >= 0.6 is 34.8 Å². The Kier molecular flexibility index (Phi) is 4.43. The van der Waals surface area contributed by atoms with E-state index in [9.17, 15) is 4.79 Å². The summed E-state index contributed by atoms with van der Waals surface area (Å²) in [5.74, 6) is 0.167. The summed E-state index contributed by atoms with van der Waals surface area (Å²) in [5.41, 5.74) is 6.71. The van der Waals surface area contributed by atoms with E-state index in [2.05, 4.69) is 0 Å². The normalized spacial score (nSPS) is 10.4. The van der Waals surface area contributed by atoms with Gasteiger partial charge in [-0.2, -0.15) is 0 Å². The van der Waals surface area contributed by atoms with Gasteiger partial charge in [0.25, 0.3) is 0 Å². The van der Waals surface area contributed by atoms with Crippen LogP contribution in [0.4, 0.5) is 5.69 Å². The fourth-order valence-electron chi connectivity index (χ4n) is 1.78. The lowest BCUT2D eigenvalue weighted by Gasteiger charge is -2.09. The second-order valence-corrected chi connectivity index (χ2v) is 5.28. The first-order valence-corrected chi connectivity index (χ1v) is 6.70. The number of ether oxygens (including phenoxy) is 1. The molecule has 0 amide bonds. The molecule has 104 valence electrons. The summed E-state index contributed by atoms with van der Waals surface area (Å²) in [6.45, 7) is 0. The summed E-state index contributed by atoms with van der Waals surface area (Å²) >= 11 is 17.9. The van der Waals surface area contributed by atoms with E-state index in [-0.39, 0.29) is 21.4 Å². The number of carbonyl (C=O) groups excluding carboxylic acids is 1. The Labute approximate surface area is 131 Å². The Morgan fingerprint density at radius 3 is 2.20 bits per heavy atom. The third kappa shape index (κ3) is 2.85. The molecule has 0 aliphatic carbocycles. The molecule has 2 aromatic carbocycles. The van der Waals surface area contributed by atoms with E-state index >= 15 is 0 Å². The van der Waals surface area contributed by atoms with Gasteiger partial charge < -0.3 is 10.5 Å². The van der Waals surface area contributed by atoms with Crippen LogP contribution in [0.25, 0.3) is 0 Å². The Balaban J connectivity index is 2.49. The van der Waals surface area contributed by atoms with E-state index < -0.39 is 0 Å². The van der Waals surface area contributed by atoms with Gasteiger partial charge >= 0.3 is 0 Å². The van der Waals surface area contributed by atoms with Gasteiger partial charge in [-0.3, -0.25) is 4.79 Å². The molecule has 0 unspecified atom stereocenters. The van der Waals surface area contributed by atoms with Crippen LogP contribution < -0.4 is 10.5 Å². The van der Waals surface area contributed by atoms with Crippen LogP contribution in [0.5, 0.6) is 5.75 Å². The van der Waals surface area contributed by atoms with Crippen LogP contribution in [0.1, 0.15) is 15.9 Å². The molecule has 20 heavy (non-hydrogen) atoms. The number of hydrogen-bond acceptors (Lipinski definition) is 3. The standard InChI is InChI=1S/C14H10Cl3NO2/c1-20-12-3-2-7(4-11(12)18)14(19)13-9(16)5-8(15)6-10(13)17/h2-6H,18H2,1H3. The zero-order valence-corrected chi connectivity index (χ0v) is 12.7. The van der Waals surface area contributed by atoms with Crippen LogP contribution in [-0.2, 0) is 0 Å². The Hall–Kier alpha value is -1.42. The monoisotopic (exact) mass is 329 g/mol. The van der Waals surface area contributed by atoms with Crippen LogP contribution in [0.3, 0.4) is 0 Å². The molecule has 0 heterocycles. The molecule has 2 N–H and O–H groups in total. The van der Waals surface area contributed by atoms with Gasteiger partial charge in [0.2, 0.25) is 0 Å². The zero-order valence-electron chi connectivity index (χ0n) is 10.4. The van der Waals surface area contributed by atoms with Crippen LogP contribution in [0, 0.1) is 0 Å². The summed E-state index contributed by atoms with van der Waals surface area (Å²) in [7, 11) is 1.50. The predicted molar refractivity (Wildman–Crippen MR) is 82.3 cm³/mol. The lowest BCUT2D eigenvalue weighted by atomic mass is 10.0. The van der Waals surface area contributed by atoms with E-state index in [1.54, 1.807) is 12.1 Å². The number of hydrogen-bond donors (Lipinski definition) is 1. The van der Waals surface area contributed by atoms with Crippen molar-refractivity contribution in [1.82, 2.24) is 0 Å². The molecule has 2 aromatic rings. The molecule has 6 heteroatoms. The lowest BCUT2D eigenvalue weighted by molar-refractivity contribution is 0.103. The van der Waals surface area contributed by atoms with Crippen LogP contribution in [0.2, 0.25) is 15.1 Å². The number of halogens is 3. The molecular weight excluding hydrogens is 321 g/mol. The van der Waals surface area contributed by atoms with Crippen molar-refractivity contribution in [1.29, 1.82) is 0 Å². The quantitative estimate of drug-likeness (QED) is 0.667. The first-order chi connectivity index (χ1) is 9.43. The van der Waals surface area contributed by atoms with Crippen molar-refractivity contribution in [3.8, 4) is 5.75 Å². The summed E-state index contributed by atoms with van der Waals surface area (Å²) in [5, 5.41) is 0.759.